The van der Waals surface area contributed by atoms with Gasteiger partial charge in [0.1, 0.15) is 0 Å². The normalized spacial score (nSPS) is 11.9. The third-order valence-electron chi connectivity index (χ3n) is 2.28. The lowest BCUT2D eigenvalue weighted by Gasteiger charge is -2.13. The second kappa shape index (κ2) is 7.14. The molecule has 1 rings (SSSR count). The Morgan fingerprint density at radius 3 is 2.94 bits per heavy atom. The number of para-hydroxylation sites is 1. The van der Waals surface area contributed by atoms with E-state index >= 15 is 0 Å². The Morgan fingerprint density at radius 2 is 2.29 bits per heavy atom. The van der Waals surface area contributed by atoms with E-state index in [1.54, 1.807) is 11.8 Å². The maximum atomic E-state index is 11.7. The number of nitrogens with one attached hydrogen (secondary N) is 1. The minimum Gasteiger partial charge on any atom is -0.324 e. The summed E-state index contributed by atoms with van der Waals surface area (Å²) >= 11 is 1.63. The molecular weight excluding hydrogens is 232 g/mol. The van der Waals surface area contributed by atoms with Gasteiger partial charge < -0.3 is 11.1 Å². The maximum absolute atomic E-state index is 11.7. The standard InChI is InChI=1S/C13H18N2OS/c1-3-9-17-12-8-6-5-7-11(12)15-13(16)10(14)4-2/h3,5-8,10H,1,4,9,14H2,2H3,(H,15,16)/t10-/m1/s1. The summed E-state index contributed by atoms with van der Waals surface area (Å²) in [6.07, 6.45) is 2.47. The van der Waals surface area contributed by atoms with Crippen molar-refractivity contribution >= 4 is 23.4 Å². The Hall–Kier alpha value is -1.26. The van der Waals surface area contributed by atoms with Crippen LogP contribution in [-0.4, -0.2) is 17.7 Å². The van der Waals surface area contributed by atoms with Crippen LogP contribution in [0.5, 0.6) is 0 Å². The average Bonchev–Trinajstić information content (AvgIpc) is 2.36. The fraction of sp³-hybridized carbons (Fsp3) is 0.308. The van der Waals surface area contributed by atoms with Crippen molar-refractivity contribution < 1.29 is 4.79 Å². The SMILES string of the molecule is C=CCSc1ccccc1NC(=O)[C@H](N)CC. The van der Waals surface area contributed by atoms with E-state index < -0.39 is 6.04 Å². The lowest BCUT2D eigenvalue weighted by atomic mass is 10.2. The molecule has 4 heteroatoms. The minimum atomic E-state index is -0.451. The lowest BCUT2D eigenvalue weighted by molar-refractivity contribution is -0.117. The first kappa shape index (κ1) is 13.8. The predicted molar refractivity (Wildman–Crippen MR) is 74.3 cm³/mol. The van der Waals surface area contributed by atoms with Gasteiger partial charge in [-0.3, -0.25) is 4.79 Å². The smallest absolute Gasteiger partial charge is 0.241 e. The topological polar surface area (TPSA) is 55.1 Å². The molecule has 0 heterocycles. The molecule has 1 amide bonds. The summed E-state index contributed by atoms with van der Waals surface area (Å²) in [5.41, 5.74) is 6.49. The number of rotatable bonds is 6. The van der Waals surface area contributed by atoms with E-state index in [2.05, 4.69) is 11.9 Å². The highest BCUT2D eigenvalue weighted by Gasteiger charge is 2.12. The lowest BCUT2D eigenvalue weighted by Crippen LogP contribution is -2.34. The predicted octanol–water partition coefficient (Wildman–Crippen LogP) is 2.64. The van der Waals surface area contributed by atoms with Crippen LogP contribution in [-0.2, 0) is 4.79 Å². The van der Waals surface area contributed by atoms with Gasteiger partial charge in [0.25, 0.3) is 0 Å². The molecule has 17 heavy (non-hydrogen) atoms. The van der Waals surface area contributed by atoms with Gasteiger partial charge in [-0.25, -0.2) is 0 Å². The van der Waals surface area contributed by atoms with Crippen LogP contribution in [0.1, 0.15) is 13.3 Å². The summed E-state index contributed by atoms with van der Waals surface area (Å²) in [5, 5.41) is 2.85. The number of hydrogen-bond acceptors (Lipinski definition) is 3. The number of hydrogen-bond donors (Lipinski definition) is 2. The first-order chi connectivity index (χ1) is 8.19. The quantitative estimate of drug-likeness (QED) is 0.603. The van der Waals surface area contributed by atoms with Gasteiger partial charge >= 0.3 is 0 Å². The molecule has 3 N–H and O–H groups in total. The zero-order valence-electron chi connectivity index (χ0n) is 9.98. The first-order valence-corrected chi connectivity index (χ1v) is 6.56. The van der Waals surface area contributed by atoms with Crippen LogP contribution in [0.4, 0.5) is 5.69 Å². The average molecular weight is 250 g/mol. The van der Waals surface area contributed by atoms with Gasteiger partial charge in [0.15, 0.2) is 0 Å². The molecular formula is C13H18N2OS. The van der Waals surface area contributed by atoms with E-state index in [4.69, 9.17) is 5.73 Å². The Morgan fingerprint density at radius 1 is 1.59 bits per heavy atom. The molecule has 0 saturated carbocycles. The van der Waals surface area contributed by atoms with Crippen LogP contribution in [0, 0.1) is 0 Å². The zero-order chi connectivity index (χ0) is 12.7. The number of thioether (sulfide) groups is 1. The molecule has 1 atom stereocenters. The van der Waals surface area contributed by atoms with E-state index in [1.165, 1.54) is 0 Å². The van der Waals surface area contributed by atoms with Crippen molar-refractivity contribution in [1.82, 2.24) is 0 Å². The van der Waals surface area contributed by atoms with Crippen LogP contribution in [0.3, 0.4) is 0 Å². The number of carbonyl (C=O) groups excluding carboxylic acids is 1. The van der Waals surface area contributed by atoms with E-state index in [-0.39, 0.29) is 5.91 Å². The van der Waals surface area contributed by atoms with Crippen molar-refractivity contribution in [2.75, 3.05) is 11.1 Å². The van der Waals surface area contributed by atoms with Gasteiger partial charge in [0, 0.05) is 10.6 Å². The number of nitrogens with two attached hydrogens (primary N) is 1. The molecule has 0 aliphatic carbocycles. The number of anilines is 1. The molecule has 1 aromatic rings. The molecule has 3 nitrogen and oxygen atoms in total. The summed E-state index contributed by atoms with van der Waals surface area (Å²) in [4.78, 5) is 12.7. The molecule has 0 spiro atoms. The van der Waals surface area contributed by atoms with Crippen LogP contribution >= 0.6 is 11.8 Å². The highest BCUT2D eigenvalue weighted by molar-refractivity contribution is 7.99. The van der Waals surface area contributed by atoms with Crippen molar-refractivity contribution in [3.05, 3.63) is 36.9 Å². The Labute approximate surface area is 106 Å². The Kier molecular flexibility index (Phi) is 5.80. The first-order valence-electron chi connectivity index (χ1n) is 5.58. The van der Waals surface area contributed by atoms with Crippen LogP contribution in [0.15, 0.2) is 41.8 Å². The number of carbonyl (C=O) groups is 1. The monoisotopic (exact) mass is 250 g/mol. The minimum absolute atomic E-state index is 0.140. The van der Waals surface area contributed by atoms with Gasteiger partial charge in [-0.15, -0.1) is 18.3 Å². The van der Waals surface area contributed by atoms with Crippen LogP contribution in [0.2, 0.25) is 0 Å². The van der Waals surface area contributed by atoms with Crippen molar-refractivity contribution in [3.8, 4) is 0 Å². The van der Waals surface area contributed by atoms with Crippen molar-refractivity contribution in [1.29, 1.82) is 0 Å². The van der Waals surface area contributed by atoms with Crippen molar-refractivity contribution in [2.24, 2.45) is 5.73 Å². The van der Waals surface area contributed by atoms with Crippen LogP contribution in [0.25, 0.3) is 0 Å². The third kappa shape index (κ3) is 4.24. The second-order valence-corrected chi connectivity index (χ2v) is 4.66. The van der Waals surface area contributed by atoms with Gasteiger partial charge in [0.2, 0.25) is 5.91 Å². The molecule has 0 unspecified atom stereocenters. The summed E-state index contributed by atoms with van der Waals surface area (Å²) in [6.45, 7) is 5.57. The fourth-order valence-electron chi connectivity index (χ4n) is 1.26. The van der Waals surface area contributed by atoms with Crippen LogP contribution < -0.4 is 11.1 Å². The van der Waals surface area contributed by atoms with Gasteiger partial charge in [-0.2, -0.15) is 0 Å². The van der Waals surface area contributed by atoms with Gasteiger partial charge in [-0.1, -0.05) is 25.1 Å². The Balaban J connectivity index is 2.75. The number of benzene rings is 1. The molecule has 0 aliphatic rings. The van der Waals surface area contributed by atoms with E-state index in [1.807, 2.05) is 37.3 Å². The molecule has 92 valence electrons. The van der Waals surface area contributed by atoms with Gasteiger partial charge in [0.05, 0.1) is 11.7 Å². The van der Waals surface area contributed by atoms with E-state index in [0.29, 0.717) is 6.42 Å². The largest absolute Gasteiger partial charge is 0.324 e. The van der Waals surface area contributed by atoms with Crippen molar-refractivity contribution in [3.63, 3.8) is 0 Å². The van der Waals surface area contributed by atoms with Crippen molar-refractivity contribution in [2.45, 2.75) is 24.3 Å². The number of amides is 1. The van der Waals surface area contributed by atoms with E-state index in [0.717, 1.165) is 16.3 Å². The fourth-order valence-corrected chi connectivity index (χ4v) is 2.00. The summed E-state index contributed by atoms with van der Waals surface area (Å²) in [6, 6.07) is 7.24. The molecule has 0 saturated heterocycles. The third-order valence-corrected chi connectivity index (χ3v) is 3.35. The Bertz CT molecular complexity index is 393. The highest BCUT2D eigenvalue weighted by atomic mass is 32.2. The molecule has 1 aromatic carbocycles. The molecule has 0 aromatic heterocycles. The molecule has 0 radical (unpaired) electrons. The highest BCUT2D eigenvalue weighted by Crippen LogP contribution is 2.26. The maximum Gasteiger partial charge on any atom is 0.241 e. The molecule has 0 fully saturated rings. The second-order valence-electron chi connectivity index (χ2n) is 3.60. The van der Waals surface area contributed by atoms with Gasteiger partial charge in [-0.05, 0) is 18.6 Å². The van der Waals surface area contributed by atoms with E-state index in [9.17, 15) is 4.79 Å². The molecule has 0 aliphatic heterocycles. The summed E-state index contributed by atoms with van der Waals surface area (Å²) in [7, 11) is 0. The summed E-state index contributed by atoms with van der Waals surface area (Å²) in [5.74, 6) is 0.673. The zero-order valence-corrected chi connectivity index (χ0v) is 10.8. The summed E-state index contributed by atoms with van der Waals surface area (Å²) < 4.78 is 0. The molecule has 0 bridgehead atoms.